The highest BCUT2D eigenvalue weighted by molar-refractivity contribution is 14.0. The highest BCUT2D eigenvalue weighted by atomic mass is 127. The number of amides is 1. The van der Waals surface area contributed by atoms with Crippen LogP contribution < -0.4 is 10.6 Å². The molecule has 0 radical (unpaired) electrons. The van der Waals surface area contributed by atoms with Crippen LogP contribution in [0.15, 0.2) is 17.3 Å². The van der Waals surface area contributed by atoms with Gasteiger partial charge in [0.1, 0.15) is 11.3 Å². The number of hydrogen-bond donors (Lipinski definition) is 2. The molecule has 1 fully saturated rings. The molecule has 1 aliphatic heterocycles. The summed E-state index contributed by atoms with van der Waals surface area (Å²) in [6.07, 6.45) is 1.23. The fourth-order valence-corrected chi connectivity index (χ4v) is 3.38. The van der Waals surface area contributed by atoms with E-state index in [4.69, 9.17) is 9.47 Å². The number of halogens is 1. The lowest BCUT2D eigenvalue weighted by Crippen LogP contribution is -2.54. The lowest BCUT2D eigenvalue weighted by atomic mass is 10.1. The molecule has 0 spiro atoms. The molecule has 10 heteroatoms. The van der Waals surface area contributed by atoms with Gasteiger partial charge in [0.2, 0.25) is 0 Å². The summed E-state index contributed by atoms with van der Waals surface area (Å²) in [5, 5.41) is 10.7. The highest BCUT2D eigenvalue weighted by Gasteiger charge is 2.49. The van der Waals surface area contributed by atoms with E-state index in [1.54, 1.807) is 15.8 Å². The van der Waals surface area contributed by atoms with Gasteiger partial charge < -0.3 is 20.1 Å². The average Bonchev–Trinajstić information content (AvgIpc) is 3.07. The van der Waals surface area contributed by atoms with Crippen LogP contribution in [0.4, 0.5) is 4.79 Å². The lowest BCUT2D eigenvalue weighted by Gasteiger charge is -2.35. The summed E-state index contributed by atoms with van der Waals surface area (Å²) in [6.45, 7) is 15.1. The average molecular weight is 536 g/mol. The van der Waals surface area contributed by atoms with Crippen molar-refractivity contribution in [3.05, 3.63) is 18.0 Å². The van der Waals surface area contributed by atoms with Crippen LogP contribution >= 0.6 is 24.0 Å². The van der Waals surface area contributed by atoms with Crippen molar-refractivity contribution < 1.29 is 14.3 Å². The van der Waals surface area contributed by atoms with Gasteiger partial charge in [0.05, 0.1) is 24.4 Å². The standard InChI is InChI=1S/C20H36N6O3.HI/c1-9-21-17(22-12-15-10-11-24-25(15)8)23-13-16-14(2)28-20(6,7)26(16)18(27)29-19(3,4)5;/h10-11,14,16H,9,12-13H2,1-8H3,(H2,21,22,23);1H. The second-order valence-corrected chi connectivity index (χ2v) is 8.71. The van der Waals surface area contributed by atoms with E-state index in [2.05, 4.69) is 20.7 Å². The van der Waals surface area contributed by atoms with E-state index >= 15 is 0 Å². The maximum Gasteiger partial charge on any atom is 0.412 e. The SMILES string of the molecule is CCNC(=NCc1ccnn1C)NCC1C(C)OC(C)(C)N1C(=O)OC(C)(C)C.I. The maximum atomic E-state index is 12.9. The molecule has 172 valence electrons. The van der Waals surface area contributed by atoms with Gasteiger partial charge in [-0.3, -0.25) is 9.58 Å². The molecule has 0 aromatic carbocycles. The summed E-state index contributed by atoms with van der Waals surface area (Å²) >= 11 is 0. The predicted octanol–water partition coefficient (Wildman–Crippen LogP) is 2.85. The van der Waals surface area contributed by atoms with Crippen molar-refractivity contribution >= 4 is 36.0 Å². The van der Waals surface area contributed by atoms with E-state index in [1.807, 2.05) is 61.6 Å². The number of aryl methyl sites for hydroxylation is 1. The molecule has 2 rings (SSSR count). The third kappa shape index (κ3) is 7.00. The van der Waals surface area contributed by atoms with Crippen molar-refractivity contribution in [2.45, 2.75) is 78.5 Å². The zero-order valence-corrected chi connectivity index (χ0v) is 21.7. The van der Waals surface area contributed by atoms with Crippen LogP contribution in [0.2, 0.25) is 0 Å². The predicted molar refractivity (Wildman–Crippen MR) is 128 cm³/mol. The molecule has 0 aliphatic carbocycles. The van der Waals surface area contributed by atoms with Crippen molar-refractivity contribution in [2.75, 3.05) is 13.1 Å². The monoisotopic (exact) mass is 536 g/mol. The number of guanidine groups is 1. The van der Waals surface area contributed by atoms with Crippen LogP contribution in [-0.2, 0) is 23.1 Å². The van der Waals surface area contributed by atoms with Gasteiger partial charge in [-0.2, -0.15) is 5.10 Å². The van der Waals surface area contributed by atoms with Crippen molar-refractivity contribution in [1.29, 1.82) is 0 Å². The zero-order valence-electron chi connectivity index (χ0n) is 19.4. The Balaban J connectivity index is 0.00000450. The number of ether oxygens (including phenoxy) is 2. The normalized spacial score (nSPS) is 21.2. The largest absolute Gasteiger partial charge is 0.444 e. The van der Waals surface area contributed by atoms with Crippen LogP contribution in [0.1, 0.15) is 54.2 Å². The Kier molecular flexibility index (Phi) is 9.40. The summed E-state index contributed by atoms with van der Waals surface area (Å²) in [6, 6.07) is 1.74. The molecule has 1 aromatic rings. The molecule has 1 amide bonds. The van der Waals surface area contributed by atoms with Gasteiger partial charge >= 0.3 is 6.09 Å². The van der Waals surface area contributed by atoms with E-state index in [-0.39, 0.29) is 42.2 Å². The van der Waals surface area contributed by atoms with Crippen LogP contribution in [0.5, 0.6) is 0 Å². The van der Waals surface area contributed by atoms with Gasteiger partial charge in [0, 0.05) is 26.3 Å². The van der Waals surface area contributed by atoms with Crippen molar-refractivity contribution in [2.24, 2.45) is 12.0 Å². The molecular weight excluding hydrogens is 499 g/mol. The number of nitrogens with zero attached hydrogens (tertiary/aromatic N) is 4. The minimum absolute atomic E-state index is 0. The van der Waals surface area contributed by atoms with Crippen molar-refractivity contribution in [3.63, 3.8) is 0 Å². The first-order valence-corrected chi connectivity index (χ1v) is 10.1. The van der Waals surface area contributed by atoms with Crippen LogP contribution in [-0.4, -0.2) is 63.3 Å². The second-order valence-electron chi connectivity index (χ2n) is 8.71. The number of aliphatic imine (C=N–C) groups is 1. The van der Waals surface area contributed by atoms with Gasteiger partial charge in [-0.15, -0.1) is 24.0 Å². The first kappa shape index (κ1) is 26.5. The van der Waals surface area contributed by atoms with Gasteiger partial charge in [-0.1, -0.05) is 0 Å². The smallest absolute Gasteiger partial charge is 0.412 e. The minimum Gasteiger partial charge on any atom is -0.444 e. The molecule has 2 heterocycles. The van der Waals surface area contributed by atoms with Crippen molar-refractivity contribution in [3.8, 4) is 0 Å². The first-order valence-electron chi connectivity index (χ1n) is 10.1. The topological polar surface area (TPSA) is 93.0 Å². The Labute approximate surface area is 197 Å². The molecule has 9 nitrogen and oxygen atoms in total. The van der Waals surface area contributed by atoms with Crippen molar-refractivity contribution in [1.82, 2.24) is 25.3 Å². The second kappa shape index (κ2) is 10.7. The summed E-state index contributed by atoms with van der Waals surface area (Å²) in [5.74, 6) is 0.676. The Hall–Kier alpha value is -1.56. The molecule has 2 atom stereocenters. The molecule has 0 saturated carbocycles. The van der Waals surface area contributed by atoms with Gasteiger partial charge in [0.15, 0.2) is 5.96 Å². The van der Waals surface area contributed by atoms with Crippen LogP contribution in [0.3, 0.4) is 0 Å². The van der Waals surface area contributed by atoms with Gasteiger partial charge in [-0.05, 0) is 54.5 Å². The number of aromatic nitrogens is 2. The van der Waals surface area contributed by atoms with E-state index in [9.17, 15) is 4.79 Å². The quantitative estimate of drug-likeness (QED) is 0.342. The van der Waals surface area contributed by atoms with E-state index in [0.717, 1.165) is 12.2 Å². The van der Waals surface area contributed by atoms with Gasteiger partial charge in [-0.25, -0.2) is 9.79 Å². The van der Waals surface area contributed by atoms with E-state index < -0.39 is 11.3 Å². The maximum absolute atomic E-state index is 12.9. The van der Waals surface area contributed by atoms with Gasteiger partial charge in [0.25, 0.3) is 0 Å². The minimum atomic E-state index is -0.752. The zero-order chi connectivity index (χ0) is 21.8. The number of rotatable bonds is 5. The third-order valence-corrected chi connectivity index (χ3v) is 4.66. The lowest BCUT2D eigenvalue weighted by molar-refractivity contribution is -0.0755. The third-order valence-electron chi connectivity index (χ3n) is 4.66. The molecule has 2 N–H and O–H groups in total. The summed E-state index contributed by atoms with van der Waals surface area (Å²) < 4.78 is 13.5. The summed E-state index contributed by atoms with van der Waals surface area (Å²) in [7, 11) is 1.89. The summed E-state index contributed by atoms with van der Waals surface area (Å²) in [5.41, 5.74) is -0.314. The van der Waals surface area contributed by atoms with Crippen LogP contribution in [0.25, 0.3) is 0 Å². The van der Waals surface area contributed by atoms with Crippen LogP contribution in [0, 0.1) is 0 Å². The Morgan fingerprint density at radius 1 is 1.37 bits per heavy atom. The highest BCUT2D eigenvalue weighted by Crippen LogP contribution is 2.33. The molecule has 1 aliphatic rings. The molecular formula is C20H37IN6O3. The Bertz CT molecular complexity index is 728. The molecule has 1 aromatic heterocycles. The molecule has 30 heavy (non-hydrogen) atoms. The molecule has 2 unspecified atom stereocenters. The molecule has 0 bridgehead atoms. The fraction of sp³-hybridized carbons (Fsp3) is 0.750. The fourth-order valence-electron chi connectivity index (χ4n) is 3.38. The molecule has 1 saturated heterocycles. The number of hydrogen-bond acceptors (Lipinski definition) is 5. The Morgan fingerprint density at radius 2 is 2.03 bits per heavy atom. The first-order chi connectivity index (χ1) is 13.4. The Morgan fingerprint density at radius 3 is 2.57 bits per heavy atom. The summed E-state index contributed by atoms with van der Waals surface area (Å²) in [4.78, 5) is 19.2. The number of carbonyl (C=O) groups is 1. The number of nitrogens with one attached hydrogen (secondary N) is 2. The number of carbonyl (C=O) groups excluding carboxylic acids is 1. The van der Waals surface area contributed by atoms with E-state index in [0.29, 0.717) is 19.0 Å². The van der Waals surface area contributed by atoms with E-state index in [1.165, 1.54) is 0 Å².